The monoisotopic (exact) mass is 542 g/mol. The maximum absolute atomic E-state index is 15.4. The van der Waals surface area contributed by atoms with Crippen LogP contribution >= 0.6 is 23.1 Å². The van der Waals surface area contributed by atoms with Gasteiger partial charge >= 0.3 is 0 Å². The molecule has 0 spiro atoms. The third-order valence-corrected chi connectivity index (χ3v) is 7.68. The first-order chi connectivity index (χ1) is 18.6. The van der Waals surface area contributed by atoms with Gasteiger partial charge in [0.25, 0.3) is 5.91 Å². The number of carbonyl (C=O) groups excluding carboxylic acids is 1. The molecule has 0 saturated carbocycles. The lowest BCUT2D eigenvalue weighted by atomic mass is 9.95. The second-order valence-electron chi connectivity index (χ2n) is 8.33. The highest BCUT2D eigenvalue weighted by atomic mass is 32.2. The Hall–Kier alpha value is -4.15. The van der Waals surface area contributed by atoms with Crippen LogP contribution in [0.25, 0.3) is 0 Å². The summed E-state index contributed by atoms with van der Waals surface area (Å²) in [6, 6.07) is 20.8. The van der Waals surface area contributed by atoms with Crippen molar-refractivity contribution in [2.75, 3.05) is 11.9 Å². The maximum atomic E-state index is 15.4. The maximum Gasteiger partial charge on any atom is 0.273 e. The molecule has 4 heterocycles. The van der Waals surface area contributed by atoms with E-state index in [1.165, 1.54) is 29.3 Å². The number of aromatic nitrogens is 4. The Morgan fingerprint density at radius 2 is 1.79 bits per heavy atom. The number of aryl methyl sites for hydroxylation is 1. The van der Waals surface area contributed by atoms with E-state index in [0.29, 0.717) is 15.8 Å². The summed E-state index contributed by atoms with van der Waals surface area (Å²) >= 11 is 2.56. The van der Waals surface area contributed by atoms with Crippen LogP contribution in [0.4, 0.5) is 15.3 Å². The van der Waals surface area contributed by atoms with Gasteiger partial charge in [-0.2, -0.15) is 0 Å². The normalized spacial score (nSPS) is 11.6. The molecule has 0 aliphatic rings. The summed E-state index contributed by atoms with van der Waals surface area (Å²) in [7, 11) is 0. The van der Waals surface area contributed by atoms with E-state index in [4.69, 9.17) is 0 Å². The number of anilines is 2. The molecular weight excluding hydrogens is 519 g/mol. The summed E-state index contributed by atoms with van der Waals surface area (Å²) in [4.78, 5) is 30.4. The largest absolute Gasteiger partial charge is 0.350 e. The molecule has 1 unspecified atom stereocenters. The van der Waals surface area contributed by atoms with E-state index < -0.39 is 11.7 Å². The van der Waals surface area contributed by atoms with Gasteiger partial charge in [-0.3, -0.25) is 9.78 Å². The van der Waals surface area contributed by atoms with Gasteiger partial charge in [-0.1, -0.05) is 59.5 Å². The van der Waals surface area contributed by atoms with E-state index >= 15 is 4.39 Å². The minimum absolute atomic E-state index is 0.187. The van der Waals surface area contributed by atoms with Crippen molar-refractivity contribution >= 4 is 40.0 Å². The number of carbonyl (C=O) groups is 1. The molecule has 0 aliphatic heterocycles. The lowest BCUT2D eigenvalue weighted by molar-refractivity contribution is 0.0942. The molecule has 1 amide bonds. The zero-order valence-corrected chi connectivity index (χ0v) is 22.0. The van der Waals surface area contributed by atoms with Crippen LogP contribution < -0.4 is 10.6 Å². The molecule has 0 radical (unpaired) electrons. The number of rotatable bonds is 9. The van der Waals surface area contributed by atoms with Crippen LogP contribution in [0, 0.1) is 12.7 Å². The summed E-state index contributed by atoms with van der Waals surface area (Å²) in [6.45, 7) is 2.23. The predicted molar refractivity (Wildman–Crippen MR) is 148 cm³/mol. The first-order valence-electron chi connectivity index (χ1n) is 11.8. The Morgan fingerprint density at radius 3 is 2.58 bits per heavy atom. The van der Waals surface area contributed by atoms with Gasteiger partial charge in [0, 0.05) is 36.7 Å². The van der Waals surface area contributed by atoms with E-state index in [-0.39, 0.29) is 18.2 Å². The summed E-state index contributed by atoms with van der Waals surface area (Å²) < 4.78 is 16.1. The average Bonchev–Trinajstić information content (AvgIpc) is 3.37. The van der Waals surface area contributed by atoms with Gasteiger partial charge < -0.3 is 10.6 Å². The number of benzene rings is 1. The standard InChI is InChI=1S/C28H23FN6OS2/c1-18-10-13-31-23(15-18)35-28-34-17-24(38-28)37-22-11-14-32-26(25(22)29)27(36)33-16-20(19-7-3-2-4-8-19)21-9-5-6-12-30-21/h2-15,17,20H,16H2,1H3,(H,33,36)(H,31,34,35). The number of nitrogens with zero attached hydrogens (tertiary/aromatic N) is 4. The van der Waals surface area contributed by atoms with E-state index in [1.54, 1.807) is 24.7 Å². The van der Waals surface area contributed by atoms with Crippen molar-refractivity contribution in [3.8, 4) is 0 Å². The van der Waals surface area contributed by atoms with Crippen molar-refractivity contribution in [1.29, 1.82) is 0 Å². The Kier molecular flexibility index (Phi) is 8.01. The highest BCUT2D eigenvalue weighted by Gasteiger charge is 2.21. The minimum atomic E-state index is -0.674. The molecule has 10 heteroatoms. The van der Waals surface area contributed by atoms with Crippen molar-refractivity contribution in [1.82, 2.24) is 25.3 Å². The molecule has 4 aromatic heterocycles. The molecule has 5 aromatic rings. The fourth-order valence-corrected chi connectivity index (χ4v) is 5.66. The van der Waals surface area contributed by atoms with E-state index in [1.807, 2.05) is 67.6 Å². The van der Waals surface area contributed by atoms with Crippen molar-refractivity contribution in [2.24, 2.45) is 0 Å². The minimum Gasteiger partial charge on any atom is -0.350 e. The molecule has 190 valence electrons. The first-order valence-corrected chi connectivity index (χ1v) is 13.4. The first kappa shape index (κ1) is 25.5. The van der Waals surface area contributed by atoms with Gasteiger partial charge in [-0.05, 0) is 48.4 Å². The molecule has 1 aromatic carbocycles. The molecule has 0 saturated heterocycles. The molecule has 7 nitrogen and oxygen atoms in total. The summed E-state index contributed by atoms with van der Waals surface area (Å²) in [6.07, 6.45) is 6.53. The fraction of sp³-hybridized carbons (Fsp3) is 0.107. The van der Waals surface area contributed by atoms with Crippen molar-refractivity contribution in [3.63, 3.8) is 0 Å². The number of hydrogen-bond acceptors (Lipinski definition) is 8. The molecule has 0 bridgehead atoms. The van der Waals surface area contributed by atoms with Crippen LogP contribution in [0.2, 0.25) is 0 Å². The average molecular weight is 543 g/mol. The zero-order valence-electron chi connectivity index (χ0n) is 20.3. The predicted octanol–water partition coefficient (Wildman–Crippen LogP) is 6.23. The Labute approximate surface area is 227 Å². The summed E-state index contributed by atoms with van der Waals surface area (Å²) in [5.41, 5.74) is 2.63. The van der Waals surface area contributed by atoms with Crippen LogP contribution in [-0.2, 0) is 0 Å². The van der Waals surface area contributed by atoms with Crippen LogP contribution in [-0.4, -0.2) is 32.4 Å². The van der Waals surface area contributed by atoms with Crippen LogP contribution in [0.5, 0.6) is 0 Å². The van der Waals surface area contributed by atoms with Gasteiger partial charge in [-0.15, -0.1) is 0 Å². The Bertz CT molecular complexity index is 1490. The van der Waals surface area contributed by atoms with E-state index in [2.05, 4.69) is 30.6 Å². The van der Waals surface area contributed by atoms with Crippen LogP contribution in [0.1, 0.15) is 33.2 Å². The number of nitrogens with one attached hydrogen (secondary N) is 2. The number of amides is 1. The Balaban J connectivity index is 1.28. The molecule has 5 rings (SSSR count). The van der Waals surface area contributed by atoms with E-state index in [9.17, 15) is 4.79 Å². The molecule has 0 aliphatic carbocycles. The van der Waals surface area contributed by atoms with Crippen molar-refractivity contribution in [2.45, 2.75) is 21.9 Å². The van der Waals surface area contributed by atoms with Gasteiger partial charge in [0.1, 0.15) is 5.82 Å². The molecule has 2 N–H and O–H groups in total. The lowest BCUT2D eigenvalue weighted by Gasteiger charge is -2.18. The lowest BCUT2D eigenvalue weighted by Crippen LogP contribution is -2.30. The summed E-state index contributed by atoms with van der Waals surface area (Å²) in [5, 5.41) is 6.64. The van der Waals surface area contributed by atoms with Gasteiger partial charge in [0.2, 0.25) is 0 Å². The van der Waals surface area contributed by atoms with Gasteiger partial charge in [-0.25, -0.2) is 19.3 Å². The van der Waals surface area contributed by atoms with Crippen molar-refractivity contribution in [3.05, 3.63) is 120 Å². The van der Waals surface area contributed by atoms with Crippen LogP contribution in [0.15, 0.2) is 101 Å². The number of pyridine rings is 3. The highest BCUT2D eigenvalue weighted by Crippen LogP contribution is 2.36. The van der Waals surface area contributed by atoms with E-state index in [0.717, 1.165) is 21.0 Å². The van der Waals surface area contributed by atoms with Gasteiger partial charge in [0.05, 0.1) is 15.3 Å². The summed E-state index contributed by atoms with van der Waals surface area (Å²) in [5.74, 6) is -0.760. The Morgan fingerprint density at radius 1 is 0.974 bits per heavy atom. The zero-order chi connectivity index (χ0) is 26.3. The third kappa shape index (κ3) is 6.21. The second-order valence-corrected chi connectivity index (χ2v) is 10.7. The number of hydrogen-bond donors (Lipinski definition) is 2. The quantitative estimate of drug-likeness (QED) is 0.228. The third-order valence-electron chi connectivity index (χ3n) is 5.63. The van der Waals surface area contributed by atoms with Gasteiger partial charge in [0.15, 0.2) is 16.6 Å². The second kappa shape index (κ2) is 11.9. The van der Waals surface area contributed by atoms with Crippen LogP contribution in [0.3, 0.4) is 0 Å². The molecular formula is C28H23FN6OS2. The number of halogens is 1. The molecule has 38 heavy (non-hydrogen) atoms. The number of thiazole rings is 1. The van der Waals surface area contributed by atoms with Crippen molar-refractivity contribution < 1.29 is 9.18 Å². The topological polar surface area (TPSA) is 92.7 Å². The fourth-order valence-electron chi connectivity index (χ4n) is 3.79. The molecule has 0 fully saturated rings. The highest BCUT2D eigenvalue weighted by molar-refractivity contribution is 8.01. The molecule has 1 atom stereocenters. The SMILES string of the molecule is Cc1ccnc(Nc2ncc(Sc3ccnc(C(=O)NCC(c4ccccc4)c4ccccn4)c3F)s2)c1. The smallest absolute Gasteiger partial charge is 0.273 e.